The van der Waals surface area contributed by atoms with Crippen LogP contribution in [-0.2, 0) is 0 Å². The molecule has 2 aromatic heterocycles. The van der Waals surface area contributed by atoms with Gasteiger partial charge in [-0.15, -0.1) is 11.3 Å². The summed E-state index contributed by atoms with van der Waals surface area (Å²) in [6.45, 7) is 13.0. The van der Waals surface area contributed by atoms with Crippen LogP contribution >= 0.6 is 11.3 Å². The third kappa shape index (κ3) is 5.06. The Morgan fingerprint density at radius 1 is 1.15 bits per heavy atom. The Labute approximate surface area is 166 Å². The predicted octanol–water partition coefficient (Wildman–Crippen LogP) is 4.62. The molecule has 1 atom stereocenters. The van der Waals surface area contributed by atoms with Crippen molar-refractivity contribution in [2.24, 2.45) is 5.92 Å². The molecule has 148 valence electrons. The lowest BCUT2D eigenvalue weighted by Crippen LogP contribution is -2.60. The van der Waals surface area contributed by atoms with E-state index < -0.39 is 6.10 Å². The van der Waals surface area contributed by atoms with Gasteiger partial charge >= 0.3 is 0 Å². The molecule has 1 fully saturated rings. The third-order valence-corrected chi connectivity index (χ3v) is 6.16. The number of nitrogens with one attached hydrogen (secondary N) is 2. The number of thiophene rings is 1. The molecule has 1 unspecified atom stereocenters. The molecule has 0 bridgehead atoms. The van der Waals surface area contributed by atoms with Crippen molar-refractivity contribution in [2.75, 3.05) is 5.32 Å². The molecule has 1 saturated heterocycles. The maximum absolute atomic E-state index is 10.3. The lowest BCUT2D eigenvalue weighted by atomic mass is 9.80. The van der Waals surface area contributed by atoms with Gasteiger partial charge in [0.25, 0.3) is 0 Å². The summed E-state index contributed by atoms with van der Waals surface area (Å²) in [5.74, 6) is 0.871. The molecule has 3 rings (SSSR count). The second-order valence-electron chi connectivity index (χ2n) is 9.30. The van der Waals surface area contributed by atoms with E-state index in [0.717, 1.165) is 28.3 Å². The molecule has 0 aromatic carbocycles. The van der Waals surface area contributed by atoms with Gasteiger partial charge in [0.15, 0.2) is 0 Å². The number of aromatic nitrogens is 2. The molecule has 1 aliphatic rings. The molecule has 6 heteroatoms. The first-order chi connectivity index (χ1) is 12.5. The maximum atomic E-state index is 10.3. The van der Waals surface area contributed by atoms with Crippen molar-refractivity contribution in [1.29, 1.82) is 0 Å². The summed E-state index contributed by atoms with van der Waals surface area (Å²) < 4.78 is 0. The van der Waals surface area contributed by atoms with Gasteiger partial charge in [-0.05, 0) is 64.7 Å². The van der Waals surface area contributed by atoms with Gasteiger partial charge in [-0.2, -0.15) is 0 Å². The van der Waals surface area contributed by atoms with E-state index in [2.05, 4.69) is 43.3 Å². The van der Waals surface area contributed by atoms with Crippen molar-refractivity contribution in [3.8, 4) is 10.6 Å². The van der Waals surface area contributed by atoms with Crippen molar-refractivity contribution in [1.82, 2.24) is 15.3 Å². The number of hydrogen-bond donors (Lipinski definition) is 3. The molecule has 3 heterocycles. The molecule has 2 aromatic rings. The van der Waals surface area contributed by atoms with E-state index in [9.17, 15) is 5.11 Å². The van der Waals surface area contributed by atoms with Crippen molar-refractivity contribution >= 4 is 17.3 Å². The van der Waals surface area contributed by atoms with Crippen molar-refractivity contribution in [3.05, 3.63) is 29.3 Å². The summed E-state index contributed by atoms with van der Waals surface area (Å²) in [5.41, 5.74) is 1.05. The molecule has 5 nitrogen and oxygen atoms in total. The number of aliphatic hydroxyl groups excluding tert-OH is 1. The van der Waals surface area contributed by atoms with E-state index in [4.69, 9.17) is 4.98 Å². The Morgan fingerprint density at radius 3 is 2.44 bits per heavy atom. The Kier molecular flexibility index (Phi) is 5.62. The molecule has 0 saturated carbocycles. The average Bonchev–Trinajstić information content (AvgIpc) is 3.01. The minimum absolute atomic E-state index is 0.0761. The molecule has 1 aliphatic heterocycles. The number of aliphatic hydroxyl groups is 1. The first-order valence-electron chi connectivity index (χ1n) is 9.72. The summed E-state index contributed by atoms with van der Waals surface area (Å²) in [6, 6.07) is 6.29. The quantitative estimate of drug-likeness (QED) is 0.697. The highest BCUT2D eigenvalue weighted by atomic mass is 32.1. The van der Waals surface area contributed by atoms with E-state index in [0.29, 0.717) is 12.0 Å². The van der Waals surface area contributed by atoms with Gasteiger partial charge in [0.05, 0.1) is 16.7 Å². The van der Waals surface area contributed by atoms with E-state index in [-0.39, 0.29) is 17.0 Å². The Morgan fingerprint density at radius 2 is 1.81 bits per heavy atom. The van der Waals surface area contributed by atoms with Crippen LogP contribution in [0.25, 0.3) is 10.6 Å². The summed E-state index contributed by atoms with van der Waals surface area (Å²) in [6.07, 6.45) is 3.42. The van der Waals surface area contributed by atoms with Crippen molar-refractivity contribution < 1.29 is 5.11 Å². The highest BCUT2D eigenvalue weighted by molar-refractivity contribution is 7.15. The van der Waals surface area contributed by atoms with E-state index >= 15 is 0 Å². The van der Waals surface area contributed by atoms with Crippen LogP contribution in [0.2, 0.25) is 0 Å². The number of nitrogens with zero attached hydrogens (tertiary/aromatic N) is 2. The first kappa shape index (κ1) is 20.2. The minimum atomic E-state index is -0.428. The Hall–Kier alpha value is -1.50. The van der Waals surface area contributed by atoms with Crippen LogP contribution in [0.15, 0.2) is 24.4 Å². The van der Waals surface area contributed by atoms with E-state index in [1.807, 2.05) is 32.0 Å². The second kappa shape index (κ2) is 7.49. The molecular weight excluding hydrogens is 356 g/mol. The van der Waals surface area contributed by atoms with Gasteiger partial charge in [-0.3, -0.25) is 0 Å². The van der Waals surface area contributed by atoms with Crippen molar-refractivity contribution in [3.63, 3.8) is 0 Å². The van der Waals surface area contributed by atoms with Gasteiger partial charge in [0.1, 0.15) is 0 Å². The third-order valence-electron chi connectivity index (χ3n) is 4.98. The Bertz CT molecular complexity index is 768. The van der Waals surface area contributed by atoms with Gasteiger partial charge < -0.3 is 15.7 Å². The van der Waals surface area contributed by atoms with Gasteiger partial charge in [0.2, 0.25) is 5.95 Å². The van der Waals surface area contributed by atoms with Crippen LogP contribution in [0.4, 0.5) is 5.95 Å². The zero-order valence-corrected chi connectivity index (χ0v) is 18.0. The fourth-order valence-corrected chi connectivity index (χ4v) is 5.29. The fourth-order valence-electron chi connectivity index (χ4n) is 4.15. The largest absolute Gasteiger partial charge is 0.387 e. The molecule has 0 radical (unpaired) electrons. The second-order valence-corrected chi connectivity index (χ2v) is 10.4. The molecule has 3 N–H and O–H groups in total. The summed E-state index contributed by atoms with van der Waals surface area (Å²) >= 11 is 1.60. The van der Waals surface area contributed by atoms with Crippen LogP contribution in [-0.4, -0.2) is 32.2 Å². The zero-order chi connectivity index (χ0) is 19.8. The molecule has 0 aliphatic carbocycles. The summed E-state index contributed by atoms with van der Waals surface area (Å²) in [5, 5.41) is 17.5. The molecule has 27 heavy (non-hydrogen) atoms. The standard InChI is InChI=1S/C21H32N4OS/c1-13(2)18(26)17-8-7-16(27-17)15-9-10-22-19(24-15)23-14-11-20(3,4)25-21(5,6)12-14/h7-10,13-14,18,25-26H,11-12H2,1-6H3,(H,22,23,24). The molecule has 0 spiro atoms. The number of anilines is 1. The van der Waals surface area contributed by atoms with Gasteiger partial charge in [-0.1, -0.05) is 13.8 Å². The lowest BCUT2D eigenvalue weighted by molar-refractivity contribution is 0.130. The van der Waals surface area contributed by atoms with Gasteiger partial charge in [0, 0.05) is 28.2 Å². The maximum Gasteiger partial charge on any atom is 0.223 e. The van der Waals surface area contributed by atoms with Crippen LogP contribution in [0.5, 0.6) is 0 Å². The van der Waals surface area contributed by atoms with Crippen LogP contribution in [0.3, 0.4) is 0 Å². The highest BCUT2D eigenvalue weighted by Gasteiger charge is 2.37. The lowest BCUT2D eigenvalue weighted by Gasteiger charge is -2.46. The first-order valence-corrected chi connectivity index (χ1v) is 10.5. The average molecular weight is 389 g/mol. The minimum Gasteiger partial charge on any atom is -0.387 e. The van der Waals surface area contributed by atoms with Crippen molar-refractivity contribution in [2.45, 2.75) is 77.6 Å². The zero-order valence-electron chi connectivity index (χ0n) is 17.2. The van der Waals surface area contributed by atoms with Crippen LogP contribution < -0.4 is 10.6 Å². The molecule has 0 amide bonds. The molecular formula is C21H32N4OS. The van der Waals surface area contributed by atoms with E-state index in [1.165, 1.54) is 0 Å². The van der Waals surface area contributed by atoms with Crippen LogP contribution in [0, 0.1) is 5.92 Å². The number of piperidine rings is 1. The summed E-state index contributed by atoms with van der Waals surface area (Å²) in [4.78, 5) is 11.2. The SMILES string of the molecule is CC(C)C(O)c1ccc(-c2ccnc(NC3CC(C)(C)NC(C)(C)C3)n2)s1. The van der Waals surface area contributed by atoms with E-state index in [1.54, 1.807) is 17.5 Å². The predicted molar refractivity (Wildman–Crippen MR) is 113 cm³/mol. The normalized spacial score (nSPS) is 20.6. The highest BCUT2D eigenvalue weighted by Crippen LogP contribution is 2.34. The number of rotatable bonds is 5. The smallest absolute Gasteiger partial charge is 0.223 e. The number of hydrogen-bond acceptors (Lipinski definition) is 6. The summed E-state index contributed by atoms with van der Waals surface area (Å²) in [7, 11) is 0. The fraction of sp³-hybridized carbons (Fsp3) is 0.619. The van der Waals surface area contributed by atoms with Crippen LogP contribution in [0.1, 0.15) is 65.4 Å². The Balaban J connectivity index is 1.76. The monoisotopic (exact) mass is 388 g/mol. The van der Waals surface area contributed by atoms with Gasteiger partial charge in [-0.25, -0.2) is 9.97 Å². The topological polar surface area (TPSA) is 70.1 Å².